The van der Waals surface area contributed by atoms with Gasteiger partial charge in [0.1, 0.15) is 0 Å². The highest BCUT2D eigenvalue weighted by molar-refractivity contribution is 8.01. The van der Waals surface area contributed by atoms with E-state index in [9.17, 15) is 15.0 Å². The van der Waals surface area contributed by atoms with Crippen LogP contribution in [0.25, 0.3) is 10.2 Å². The summed E-state index contributed by atoms with van der Waals surface area (Å²) in [7, 11) is 0. The van der Waals surface area contributed by atoms with Gasteiger partial charge >= 0.3 is 0 Å². The predicted octanol–water partition coefficient (Wildman–Crippen LogP) is 8.36. The molecule has 0 saturated heterocycles. The third-order valence-electron chi connectivity index (χ3n) is 9.66. The zero-order valence-corrected chi connectivity index (χ0v) is 26.0. The quantitative estimate of drug-likeness (QED) is 0.137. The van der Waals surface area contributed by atoms with Crippen LogP contribution >= 0.6 is 23.1 Å². The maximum absolute atomic E-state index is 14.0. The second-order valence-corrected chi connectivity index (χ2v) is 14.6. The first kappa shape index (κ1) is 29.3. The van der Waals surface area contributed by atoms with Gasteiger partial charge in [-0.2, -0.15) is 0 Å². The number of hydrogen-bond donors (Lipinski definition) is 2. The van der Waals surface area contributed by atoms with E-state index >= 15 is 0 Å². The number of benzene rings is 3. The van der Waals surface area contributed by atoms with E-state index in [1.165, 1.54) is 5.57 Å². The minimum atomic E-state index is -0.916. The van der Waals surface area contributed by atoms with Crippen molar-refractivity contribution in [2.24, 2.45) is 5.41 Å². The van der Waals surface area contributed by atoms with E-state index in [0.29, 0.717) is 36.1 Å². The van der Waals surface area contributed by atoms with Gasteiger partial charge in [-0.1, -0.05) is 84.9 Å². The fraction of sp³-hybridized carbons (Fsp3) is 0.389. The number of rotatable bonds is 5. The summed E-state index contributed by atoms with van der Waals surface area (Å²) in [5.41, 5.74) is 4.29. The Morgan fingerprint density at radius 3 is 2.64 bits per heavy atom. The molecule has 6 heteroatoms. The summed E-state index contributed by atoms with van der Waals surface area (Å²) in [6, 6.07) is 23.9. The average molecular weight is 598 g/mol. The van der Waals surface area contributed by atoms with Crippen LogP contribution in [0.15, 0.2) is 88.8 Å². The van der Waals surface area contributed by atoms with Crippen LogP contribution in [-0.2, 0) is 6.42 Å². The molecule has 1 heterocycles. The molecule has 42 heavy (non-hydrogen) atoms. The first-order chi connectivity index (χ1) is 20.3. The van der Waals surface area contributed by atoms with Crippen LogP contribution in [0.4, 0.5) is 0 Å². The molecular formula is C36H39NO3S2. The van der Waals surface area contributed by atoms with E-state index in [4.69, 9.17) is 4.98 Å². The van der Waals surface area contributed by atoms with Gasteiger partial charge in [0.25, 0.3) is 0 Å². The summed E-state index contributed by atoms with van der Waals surface area (Å²) < 4.78 is 2.14. The molecule has 1 fully saturated rings. The topological polar surface area (TPSA) is 70.4 Å². The normalized spacial score (nSPS) is 26.5. The Kier molecular flexibility index (Phi) is 8.43. The summed E-state index contributed by atoms with van der Waals surface area (Å²) in [5.74, 6) is 0.595. The molecule has 0 spiro atoms. The average Bonchev–Trinajstić information content (AvgIpc) is 3.53. The van der Waals surface area contributed by atoms with Crippen LogP contribution < -0.4 is 0 Å². The molecule has 0 amide bonds. The van der Waals surface area contributed by atoms with Crippen LogP contribution in [0, 0.1) is 5.41 Å². The van der Waals surface area contributed by atoms with E-state index in [1.54, 1.807) is 23.1 Å². The van der Waals surface area contributed by atoms with Crippen molar-refractivity contribution in [2.75, 3.05) is 5.75 Å². The van der Waals surface area contributed by atoms with Gasteiger partial charge in [0.15, 0.2) is 10.1 Å². The summed E-state index contributed by atoms with van der Waals surface area (Å²) >= 11 is 3.34. The Morgan fingerprint density at radius 1 is 1.05 bits per heavy atom. The summed E-state index contributed by atoms with van der Waals surface area (Å²) in [5, 5.41) is 23.3. The number of para-hydroxylation sites is 1. The molecule has 4 atom stereocenters. The number of aliphatic hydroxyl groups is 2. The maximum atomic E-state index is 14.0. The molecule has 4 aromatic rings. The molecular weight excluding hydrogens is 559 g/mol. The number of allylic oxidation sites excluding steroid dienone is 2. The van der Waals surface area contributed by atoms with E-state index in [-0.39, 0.29) is 11.7 Å². The van der Waals surface area contributed by atoms with E-state index in [1.807, 2.05) is 54.6 Å². The van der Waals surface area contributed by atoms with Gasteiger partial charge in [-0.25, -0.2) is 4.98 Å². The third-order valence-corrected chi connectivity index (χ3v) is 12.1. The van der Waals surface area contributed by atoms with Crippen LogP contribution in [-0.4, -0.2) is 38.4 Å². The van der Waals surface area contributed by atoms with Crippen LogP contribution in [0.3, 0.4) is 0 Å². The van der Waals surface area contributed by atoms with Gasteiger partial charge in [0.05, 0.1) is 21.9 Å². The summed E-state index contributed by atoms with van der Waals surface area (Å²) in [6.07, 6.45) is 7.04. The predicted molar refractivity (Wildman–Crippen MR) is 174 cm³/mol. The Labute approximate surface area is 256 Å². The van der Waals surface area contributed by atoms with Gasteiger partial charge < -0.3 is 10.2 Å². The van der Waals surface area contributed by atoms with E-state index < -0.39 is 17.1 Å². The second-order valence-electron chi connectivity index (χ2n) is 12.4. The van der Waals surface area contributed by atoms with E-state index in [2.05, 4.69) is 38.1 Å². The van der Waals surface area contributed by atoms with Gasteiger partial charge in [-0.15, -0.1) is 11.3 Å². The van der Waals surface area contributed by atoms with Gasteiger partial charge in [-0.3, -0.25) is 4.79 Å². The molecule has 3 aromatic carbocycles. The van der Waals surface area contributed by atoms with Crippen LogP contribution in [0.2, 0.25) is 0 Å². The molecule has 0 aliphatic heterocycles. The number of aromatic nitrogens is 1. The number of fused-ring (bicyclic) bond motifs is 9. The standard InChI is InChI=1S/C36H39NO3S2/c1-24-9-8-19-35(2)30(18-20-36(35,40)23-41-34-37-31-12-6-7-13-32(31)42-34)28-17-15-25(21-27(38)16-14-24)22-29(28)33(39)26-10-4-3-5-11-26/h3-7,9-13,15,17,22,27,30,38,40H,8,14,16,18-21,23H2,1-2H3/t27-,30-,35-,36+/m0/s1. The number of carbonyl (C=O) groups is 1. The van der Waals surface area contributed by atoms with Crippen LogP contribution in [0.1, 0.15) is 85.3 Å². The summed E-state index contributed by atoms with van der Waals surface area (Å²) in [4.78, 5) is 18.8. The molecule has 3 aliphatic rings. The van der Waals surface area contributed by atoms with Gasteiger partial charge in [0.2, 0.25) is 0 Å². The van der Waals surface area contributed by atoms with Crippen molar-refractivity contribution in [3.63, 3.8) is 0 Å². The maximum Gasteiger partial charge on any atom is 0.193 e. The minimum Gasteiger partial charge on any atom is -0.393 e. The number of aliphatic hydroxyl groups excluding tert-OH is 1. The van der Waals surface area contributed by atoms with Crippen molar-refractivity contribution < 1.29 is 15.0 Å². The highest BCUT2D eigenvalue weighted by Crippen LogP contribution is 2.59. The lowest BCUT2D eigenvalue weighted by molar-refractivity contribution is -0.0422. The Balaban J connectivity index is 1.40. The molecule has 1 aromatic heterocycles. The largest absolute Gasteiger partial charge is 0.393 e. The Morgan fingerprint density at radius 2 is 1.83 bits per heavy atom. The lowest BCUT2D eigenvalue weighted by atomic mass is 9.65. The fourth-order valence-corrected chi connectivity index (χ4v) is 9.39. The third kappa shape index (κ3) is 5.74. The first-order valence-corrected chi connectivity index (χ1v) is 16.8. The molecule has 0 unspecified atom stereocenters. The molecule has 0 radical (unpaired) electrons. The number of carbonyl (C=O) groups excluding carboxylic acids is 1. The molecule has 218 valence electrons. The molecule has 7 rings (SSSR count). The monoisotopic (exact) mass is 597 g/mol. The van der Waals surface area contributed by atoms with Crippen molar-refractivity contribution in [2.45, 2.75) is 80.8 Å². The van der Waals surface area contributed by atoms with Crippen molar-refractivity contribution in [1.82, 2.24) is 4.98 Å². The van der Waals surface area contributed by atoms with Crippen molar-refractivity contribution in [1.29, 1.82) is 0 Å². The highest BCUT2D eigenvalue weighted by atomic mass is 32.2. The number of thioether (sulfide) groups is 1. The number of ketones is 1. The van der Waals surface area contributed by atoms with Gasteiger partial charge in [0, 0.05) is 22.3 Å². The lowest BCUT2D eigenvalue weighted by Gasteiger charge is -2.44. The molecule has 1 saturated carbocycles. The number of thiazole rings is 1. The summed E-state index contributed by atoms with van der Waals surface area (Å²) in [6.45, 7) is 4.39. The van der Waals surface area contributed by atoms with E-state index in [0.717, 1.165) is 51.4 Å². The molecule has 2 bridgehead atoms. The fourth-order valence-electron chi connectivity index (χ4n) is 7.01. The number of nitrogens with zero attached hydrogens (tertiary/aromatic N) is 1. The van der Waals surface area contributed by atoms with Crippen molar-refractivity contribution in [3.8, 4) is 0 Å². The highest BCUT2D eigenvalue weighted by Gasteiger charge is 2.56. The Bertz CT molecular complexity index is 1580. The smallest absolute Gasteiger partial charge is 0.193 e. The van der Waals surface area contributed by atoms with Crippen molar-refractivity contribution >= 4 is 39.1 Å². The SMILES string of the molecule is CC1=CCC[C@@]2(C)[C@@H](CC[C@@]2(O)CSc2nc3ccccc3s2)c2ccc(cc2C(=O)c2ccccc2)C[C@@H](O)CC1. The lowest BCUT2D eigenvalue weighted by Crippen LogP contribution is -2.46. The molecule has 4 nitrogen and oxygen atoms in total. The zero-order valence-electron chi connectivity index (χ0n) is 24.4. The zero-order chi connectivity index (χ0) is 29.3. The molecule has 2 N–H and O–H groups in total. The minimum absolute atomic E-state index is 0.00594. The number of hydrogen-bond acceptors (Lipinski definition) is 6. The van der Waals surface area contributed by atoms with Crippen molar-refractivity contribution in [3.05, 3.63) is 107 Å². The second kappa shape index (κ2) is 12.1. The molecule has 3 aliphatic carbocycles. The Hall–Kier alpha value is -2.77. The van der Waals surface area contributed by atoms with Crippen LogP contribution in [0.5, 0.6) is 0 Å². The van der Waals surface area contributed by atoms with Gasteiger partial charge in [-0.05, 0) is 87.1 Å². The first-order valence-electron chi connectivity index (χ1n) is 15.0.